The van der Waals surface area contributed by atoms with E-state index in [2.05, 4.69) is 28.8 Å². The van der Waals surface area contributed by atoms with Crippen LogP contribution in [0.2, 0.25) is 0 Å². The second-order valence-corrected chi connectivity index (χ2v) is 11.5. The molecule has 2 saturated carbocycles. The monoisotopic (exact) mass is 489 g/mol. The van der Waals surface area contributed by atoms with E-state index in [9.17, 15) is 8.78 Å². The summed E-state index contributed by atoms with van der Waals surface area (Å²) in [5.41, 5.74) is 0. The van der Waals surface area contributed by atoms with Crippen LogP contribution in [-0.4, -0.2) is 138 Å². The summed E-state index contributed by atoms with van der Waals surface area (Å²) in [4.78, 5) is 11.1. The summed E-state index contributed by atoms with van der Waals surface area (Å²) in [6.07, 6.45) is 11.3. The first kappa shape index (κ1) is 31.7. The fourth-order valence-electron chi connectivity index (χ4n) is 4.17. The van der Waals surface area contributed by atoms with Gasteiger partial charge in [-0.25, -0.2) is 8.78 Å². The van der Waals surface area contributed by atoms with Gasteiger partial charge in [-0.2, -0.15) is 0 Å². The fourth-order valence-corrected chi connectivity index (χ4v) is 4.17. The summed E-state index contributed by atoms with van der Waals surface area (Å²) < 4.78 is 24.5. The van der Waals surface area contributed by atoms with Crippen molar-refractivity contribution in [3.05, 3.63) is 0 Å². The zero-order valence-electron chi connectivity index (χ0n) is 23.6. The highest BCUT2D eigenvalue weighted by molar-refractivity contribution is 4.92. The highest BCUT2D eigenvalue weighted by Crippen LogP contribution is 2.35. The summed E-state index contributed by atoms with van der Waals surface area (Å²) in [6.45, 7) is 6.07. The summed E-state index contributed by atoms with van der Waals surface area (Å²) in [5, 5.41) is 0. The molecule has 5 rings (SSSR count). The molecule has 1 atom stereocenters. The first-order valence-corrected chi connectivity index (χ1v) is 13.7. The molecule has 0 radical (unpaired) electrons. The van der Waals surface area contributed by atoms with Gasteiger partial charge in [0, 0.05) is 38.3 Å². The van der Waals surface area contributed by atoms with E-state index in [0.29, 0.717) is 6.54 Å². The first-order chi connectivity index (χ1) is 16.1. The van der Waals surface area contributed by atoms with Gasteiger partial charge in [0.1, 0.15) is 12.3 Å². The third-order valence-corrected chi connectivity index (χ3v) is 6.81. The third kappa shape index (κ3) is 18.0. The van der Waals surface area contributed by atoms with Crippen LogP contribution in [0.1, 0.15) is 64.2 Å². The van der Waals surface area contributed by atoms with E-state index in [4.69, 9.17) is 0 Å². The Bertz CT molecular complexity index is 437. The Morgan fingerprint density at radius 3 is 1.15 bits per heavy atom. The first-order valence-electron chi connectivity index (χ1n) is 13.7. The van der Waals surface area contributed by atoms with Crippen molar-refractivity contribution >= 4 is 0 Å². The van der Waals surface area contributed by atoms with Gasteiger partial charge in [0.25, 0.3) is 0 Å². The minimum absolute atomic E-state index is 0.522. The second-order valence-electron chi connectivity index (χ2n) is 11.5. The number of alkyl halides is 2. The normalized spacial score (nSPS) is 26.4. The Labute approximate surface area is 210 Å². The highest BCUT2D eigenvalue weighted by atomic mass is 19.1. The average molecular weight is 490 g/mol. The van der Waals surface area contributed by atoms with E-state index in [-0.39, 0.29) is 0 Å². The number of rotatable bonds is 2. The number of piperidine rings is 2. The summed E-state index contributed by atoms with van der Waals surface area (Å²) in [5.74, 6) is 0. The van der Waals surface area contributed by atoms with Crippen LogP contribution in [0.25, 0.3) is 0 Å². The van der Waals surface area contributed by atoms with Crippen LogP contribution in [0.3, 0.4) is 0 Å². The van der Waals surface area contributed by atoms with Gasteiger partial charge >= 0.3 is 0 Å². The van der Waals surface area contributed by atoms with Crippen LogP contribution in [0.5, 0.6) is 0 Å². The average Bonchev–Trinajstić information content (AvgIpc) is 3.70. The molecular formula is C27H57F2N5. The molecule has 0 aromatic rings. The topological polar surface area (TPSA) is 16.2 Å². The molecule has 1 unspecified atom stereocenters. The molecule has 3 heterocycles. The summed E-state index contributed by atoms with van der Waals surface area (Å²) >= 11 is 0. The Hall–Kier alpha value is -0.340. The van der Waals surface area contributed by atoms with Crippen molar-refractivity contribution in [2.75, 3.05) is 88.6 Å². The van der Waals surface area contributed by atoms with Gasteiger partial charge in [-0.3, -0.25) is 0 Å². The van der Waals surface area contributed by atoms with Crippen molar-refractivity contribution in [3.63, 3.8) is 0 Å². The number of nitrogens with zero attached hydrogens (tertiary/aromatic N) is 5. The standard InChI is InChI=1S/C7H13N.C6H12FN.C6H13N.C5H10FN.C3H9N/c1-8(6-2-3-6)7-4-5-7;1-8-4-2-6(7)3-5-8;1-7-5-3-2-4-6-7;1-7-3-2-5(6)4-7;1-4(2)3/h6-7H,2-5H2,1H3;6H,2-5H2,1H3;2-6H2,1H3;5H,2-4H2,1H3;1-3H3. The third-order valence-electron chi connectivity index (χ3n) is 6.81. The van der Waals surface area contributed by atoms with Crippen molar-refractivity contribution in [3.8, 4) is 0 Å². The van der Waals surface area contributed by atoms with Crippen LogP contribution in [-0.2, 0) is 0 Å². The Kier molecular flexibility index (Phi) is 16.8. The largest absolute Gasteiger partial charge is 0.312 e. The van der Waals surface area contributed by atoms with Gasteiger partial charge in [0.05, 0.1) is 0 Å². The molecule has 34 heavy (non-hydrogen) atoms. The molecule has 204 valence electrons. The van der Waals surface area contributed by atoms with Crippen LogP contribution < -0.4 is 0 Å². The molecule has 3 aliphatic heterocycles. The summed E-state index contributed by atoms with van der Waals surface area (Å²) in [6, 6.07) is 1.98. The molecular weight excluding hydrogens is 432 g/mol. The molecule has 0 N–H and O–H groups in total. The van der Waals surface area contributed by atoms with E-state index in [0.717, 1.165) is 51.0 Å². The SMILES string of the molecule is CN(C)C.CN(C1CC1)C1CC1.CN1CCC(F)C1.CN1CCC(F)CC1.CN1CCCCC1. The van der Waals surface area contributed by atoms with Gasteiger partial charge in [0.15, 0.2) is 0 Å². The lowest BCUT2D eigenvalue weighted by Gasteiger charge is -2.23. The maximum atomic E-state index is 12.3. The molecule has 2 aliphatic carbocycles. The van der Waals surface area contributed by atoms with Crippen LogP contribution in [0, 0.1) is 0 Å². The van der Waals surface area contributed by atoms with Gasteiger partial charge in [-0.1, -0.05) is 6.42 Å². The lowest BCUT2D eigenvalue weighted by Crippen LogP contribution is -2.30. The van der Waals surface area contributed by atoms with Crippen molar-refractivity contribution in [2.24, 2.45) is 0 Å². The second kappa shape index (κ2) is 18.0. The molecule has 0 aromatic heterocycles. The maximum Gasteiger partial charge on any atom is 0.114 e. The van der Waals surface area contributed by atoms with Crippen LogP contribution in [0.4, 0.5) is 8.78 Å². The smallest absolute Gasteiger partial charge is 0.114 e. The van der Waals surface area contributed by atoms with E-state index in [1.165, 1.54) is 58.0 Å². The molecule has 0 amide bonds. The molecule has 5 aliphatic rings. The van der Waals surface area contributed by atoms with Crippen molar-refractivity contribution in [1.29, 1.82) is 0 Å². The Morgan fingerprint density at radius 1 is 0.529 bits per heavy atom. The minimum atomic E-state index is -0.551. The van der Waals surface area contributed by atoms with E-state index in [1.54, 1.807) is 0 Å². The molecule has 5 fully saturated rings. The van der Waals surface area contributed by atoms with E-state index < -0.39 is 12.3 Å². The van der Waals surface area contributed by atoms with E-state index >= 15 is 0 Å². The molecule has 0 aromatic carbocycles. The molecule has 5 nitrogen and oxygen atoms in total. The zero-order chi connectivity index (χ0) is 25.5. The predicted molar refractivity (Wildman–Crippen MR) is 143 cm³/mol. The van der Waals surface area contributed by atoms with Crippen molar-refractivity contribution < 1.29 is 8.78 Å². The summed E-state index contributed by atoms with van der Waals surface area (Å²) in [7, 11) is 14.4. The Balaban J connectivity index is 0.000000216. The van der Waals surface area contributed by atoms with Gasteiger partial charge in [0.2, 0.25) is 0 Å². The lowest BCUT2D eigenvalue weighted by molar-refractivity contribution is 0.174. The lowest BCUT2D eigenvalue weighted by atomic mass is 10.1. The molecule has 7 heteroatoms. The number of hydrogen-bond acceptors (Lipinski definition) is 5. The molecule has 0 bridgehead atoms. The Morgan fingerprint density at radius 2 is 0.912 bits per heavy atom. The van der Waals surface area contributed by atoms with Gasteiger partial charge < -0.3 is 24.5 Å². The zero-order valence-corrected chi connectivity index (χ0v) is 23.6. The highest BCUT2D eigenvalue weighted by Gasteiger charge is 2.36. The van der Waals surface area contributed by atoms with Gasteiger partial charge in [-0.15, -0.1) is 0 Å². The van der Waals surface area contributed by atoms with Gasteiger partial charge in [-0.05, 0) is 120 Å². The fraction of sp³-hybridized carbons (Fsp3) is 1.00. The molecule has 0 spiro atoms. The van der Waals surface area contributed by atoms with E-state index in [1.807, 2.05) is 45.0 Å². The van der Waals surface area contributed by atoms with Crippen molar-refractivity contribution in [1.82, 2.24) is 24.5 Å². The number of halogens is 2. The van der Waals surface area contributed by atoms with Crippen LogP contribution in [0.15, 0.2) is 0 Å². The minimum Gasteiger partial charge on any atom is -0.312 e. The predicted octanol–water partition coefficient (Wildman–Crippen LogP) is 4.23. The molecule has 3 saturated heterocycles. The van der Waals surface area contributed by atoms with Crippen molar-refractivity contribution in [2.45, 2.75) is 88.6 Å². The maximum absolute atomic E-state index is 12.3. The number of hydrogen-bond donors (Lipinski definition) is 0. The number of likely N-dealkylation sites (tertiary alicyclic amines) is 3. The quantitative estimate of drug-likeness (QED) is 0.575. The van der Waals surface area contributed by atoms with Crippen LogP contribution >= 0.6 is 0 Å².